The van der Waals surface area contributed by atoms with E-state index in [9.17, 15) is 13.2 Å². The zero-order chi connectivity index (χ0) is 24.4. The average Bonchev–Trinajstić information content (AvgIpc) is 3.25. The molecule has 0 spiro atoms. The van der Waals surface area contributed by atoms with Gasteiger partial charge in [0.2, 0.25) is 10.0 Å². The summed E-state index contributed by atoms with van der Waals surface area (Å²) in [6.45, 7) is 5.73. The predicted molar refractivity (Wildman–Crippen MR) is 135 cm³/mol. The molecule has 0 radical (unpaired) electrons. The van der Waals surface area contributed by atoms with Crippen molar-refractivity contribution in [1.82, 2.24) is 14.1 Å². The van der Waals surface area contributed by atoms with E-state index >= 15 is 0 Å². The predicted octanol–water partition coefficient (Wildman–Crippen LogP) is 2.96. The fourth-order valence-electron chi connectivity index (χ4n) is 5.32. The van der Waals surface area contributed by atoms with E-state index in [0.717, 1.165) is 23.9 Å². The van der Waals surface area contributed by atoms with Crippen molar-refractivity contribution in [2.75, 3.05) is 39.3 Å². The highest BCUT2D eigenvalue weighted by Gasteiger charge is 2.41. The number of sulfonamides is 1. The number of nitrogens with zero attached hydrogens (tertiary/aromatic N) is 3. The number of carbonyl (C=O) groups is 1. The van der Waals surface area contributed by atoms with Crippen LogP contribution in [0.15, 0.2) is 77.7 Å². The van der Waals surface area contributed by atoms with E-state index in [-0.39, 0.29) is 18.1 Å². The average molecular weight is 494 g/mol. The maximum Gasteiger partial charge on any atom is 0.303 e. The highest BCUT2D eigenvalue weighted by atomic mass is 32.2. The maximum atomic E-state index is 13.5. The molecule has 8 heteroatoms. The molecule has 35 heavy (non-hydrogen) atoms. The molecule has 7 nitrogen and oxygen atoms in total. The molecule has 2 aliphatic heterocycles. The first-order valence-electron chi connectivity index (χ1n) is 12.1. The van der Waals surface area contributed by atoms with E-state index in [4.69, 9.17) is 4.74 Å². The summed E-state index contributed by atoms with van der Waals surface area (Å²) in [4.78, 5) is 16.7. The van der Waals surface area contributed by atoms with Crippen LogP contribution >= 0.6 is 0 Å². The third-order valence-corrected chi connectivity index (χ3v) is 8.95. The lowest BCUT2D eigenvalue weighted by molar-refractivity contribution is -0.148. The van der Waals surface area contributed by atoms with Crippen molar-refractivity contribution in [3.63, 3.8) is 0 Å². The Bertz CT molecular complexity index is 1280. The van der Waals surface area contributed by atoms with Crippen molar-refractivity contribution in [3.8, 4) is 0 Å². The molecule has 2 fully saturated rings. The topological polar surface area (TPSA) is 70.2 Å². The molecule has 0 amide bonds. The summed E-state index contributed by atoms with van der Waals surface area (Å²) in [5.74, 6) is -0.279. The van der Waals surface area contributed by atoms with Gasteiger partial charge in [0.05, 0.1) is 10.9 Å². The molecule has 0 saturated carbocycles. The van der Waals surface area contributed by atoms with Crippen molar-refractivity contribution in [2.45, 2.75) is 30.5 Å². The molecule has 2 heterocycles. The summed E-state index contributed by atoms with van der Waals surface area (Å²) < 4.78 is 34.3. The number of hydrogen-bond donors (Lipinski definition) is 0. The van der Waals surface area contributed by atoms with Crippen molar-refractivity contribution < 1.29 is 17.9 Å². The number of rotatable bonds is 6. The van der Waals surface area contributed by atoms with Crippen molar-refractivity contribution in [1.29, 1.82) is 0 Å². The van der Waals surface area contributed by atoms with Crippen molar-refractivity contribution >= 4 is 26.8 Å². The Morgan fingerprint density at radius 1 is 0.886 bits per heavy atom. The van der Waals surface area contributed by atoms with Crippen LogP contribution in [0.3, 0.4) is 0 Å². The van der Waals surface area contributed by atoms with Gasteiger partial charge in [0.1, 0.15) is 6.10 Å². The first-order valence-corrected chi connectivity index (χ1v) is 13.5. The number of carbonyl (C=O) groups excluding carboxylic acids is 1. The molecule has 0 aromatic heterocycles. The lowest BCUT2D eigenvalue weighted by atomic mass is 10.1. The van der Waals surface area contributed by atoms with Crippen LogP contribution in [-0.2, 0) is 26.1 Å². The second-order valence-corrected chi connectivity index (χ2v) is 11.2. The lowest BCUT2D eigenvalue weighted by Gasteiger charge is -2.38. The first-order chi connectivity index (χ1) is 16.9. The molecule has 2 atom stereocenters. The SMILES string of the molecule is CC(=O)OC1CN(Cc2ccccc2)CC1N1CCN(S(=O)(=O)c2cccc3ccccc23)CC1. The summed E-state index contributed by atoms with van der Waals surface area (Å²) in [6.07, 6.45) is -0.225. The molecule has 2 aliphatic rings. The van der Waals surface area contributed by atoms with E-state index in [2.05, 4.69) is 21.9 Å². The van der Waals surface area contributed by atoms with Gasteiger partial charge < -0.3 is 4.74 Å². The van der Waals surface area contributed by atoms with Crippen LogP contribution < -0.4 is 0 Å². The zero-order valence-electron chi connectivity index (χ0n) is 19.9. The Kier molecular flexibility index (Phi) is 6.88. The van der Waals surface area contributed by atoms with Crippen LogP contribution in [0, 0.1) is 0 Å². The van der Waals surface area contributed by atoms with Gasteiger partial charge >= 0.3 is 5.97 Å². The molecular weight excluding hydrogens is 462 g/mol. The van der Waals surface area contributed by atoms with Gasteiger partial charge in [-0.3, -0.25) is 14.6 Å². The van der Waals surface area contributed by atoms with E-state index in [1.165, 1.54) is 12.5 Å². The van der Waals surface area contributed by atoms with E-state index in [0.29, 0.717) is 37.6 Å². The molecule has 0 aliphatic carbocycles. The molecule has 2 unspecified atom stereocenters. The number of piperazine rings is 1. The number of esters is 1. The minimum Gasteiger partial charge on any atom is -0.459 e. The summed E-state index contributed by atoms with van der Waals surface area (Å²) >= 11 is 0. The second-order valence-electron chi connectivity index (χ2n) is 9.31. The van der Waals surface area contributed by atoms with Crippen LogP contribution in [0.1, 0.15) is 12.5 Å². The number of ether oxygens (including phenoxy) is 1. The minimum atomic E-state index is -3.61. The van der Waals surface area contributed by atoms with Crippen molar-refractivity contribution in [3.05, 3.63) is 78.4 Å². The van der Waals surface area contributed by atoms with Gasteiger partial charge in [0.15, 0.2) is 0 Å². The molecule has 2 saturated heterocycles. The normalized spacial score (nSPS) is 22.4. The highest BCUT2D eigenvalue weighted by molar-refractivity contribution is 7.89. The Labute approximate surface area is 206 Å². The van der Waals surface area contributed by atoms with E-state index < -0.39 is 10.0 Å². The monoisotopic (exact) mass is 493 g/mol. The Hall–Kier alpha value is -2.78. The molecule has 0 N–H and O–H groups in total. The van der Waals surface area contributed by atoms with Gasteiger partial charge in [0.25, 0.3) is 0 Å². The standard InChI is InChI=1S/C27H31N3O4S/c1-21(31)34-26-20-28(18-22-8-3-2-4-9-22)19-25(26)29-14-16-30(17-15-29)35(32,33)27-13-7-11-23-10-5-6-12-24(23)27/h2-13,25-26H,14-20H2,1H3. The second kappa shape index (κ2) is 10.1. The first kappa shape index (κ1) is 23.9. The van der Waals surface area contributed by atoms with Crippen LogP contribution in [0.25, 0.3) is 10.8 Å². The van der Waals surface area contributed by atoms with Gasteiger partial charge in [-0.2, -0.15) is 4.31 Å². The quantitative estimate of drug-likeness (QED) is 0.492. The summed E-state index contributed by atoms with van der Waals surface area (Å²) in [7, 11) is -3.61. The Morgan fingerprint density at radius 2 is 1.57 bits per heavy atom. The van der Waals surface area contributed by atoms with Gasteiger partial charge in [-0.1, -0.05) is 66.7 Å². The van der Waals surface area contributed by atoms with Crippen LogP contribution in [0.5, 0.6) is 0 Å². The van der Waals surface area contributed by atoms with E-state index in [1.807, 2.05) is 48.5 Å². The molecule has 3 aromatic rings. The van der Waals surface area contributed by atoms with Gasteiger partial charge in [-0.25, -0.2) is 8.42 Å². The number of likely N-dealkylation sites (tertiary alicyclic amines) is 1. The fraction of sp³-hybridized carbons (Fsp3) is 0.370. The largest absolute Gasteiger partial charge is 0.459 e. The molecule has 5 rings (SSSR count). The summed E-state index contributed by atoms with van der Waals surface area (Å²) in [5, 5.41) is 1.67. The Balaban J connectivity index is 1.29. The molecule has 3 aromatic carbocycles. The van der Waals surface area contributed by atoms with Gasteiger partial charge in [-0.05, 0) is 17.0 Å². The third kappa shape index (κ3) is 5.11. The number of benzene rings is 3. The van der Waals surface area contributed by atoms with Crippen molar-refractivity contribution in [2.24, 2.45) is 0 Å². The van der Waals surface area contributed by atoms with Crippen LogP contribution in [0.2, 0.25) is 0 Å². The summed E-state index contributed by atoms with van der Waals surface area (Å²) in [5.41, 5.74) is 1.22. The number of fused-ring (bicyclic) bond motifs is 1. The van der Waals surface area contributed by atoms with Gasteiger partial charge in [-0.15, -0.1) is 0 Å². The molecule has 0 bridgehead atoms. The molecular formula is C27H31N3O4S. The van der Waals surface area contributed by atoms with E-state index in [1.54, 1.807) is 16.4 Å². The van der Waals surface area contributed by atoms with Crippen LogP contribution in [-0.4, -0.2) is 79.9 Å². The molecule has 184 valence electrons. The summed E-state index contributed by atoms with van der Waals surface area (Å²) in [6, 6.07) is 23.3. The number of hydrogen-bond acceptors (Lipinski definition) is 6. The fourth-order valence-corrected chi connectivity index (χ4v) is 6.95. The zero-order valence-corrected chi connectivity index (χ0v) is 20.7. The smallest absolute Gasteiger partial charge is 0.303 e. The highest BCUT2D eigenvalue weighted by Crippen LogP contribution is 2.28. The Morgan fingerprint density at radius 3 is 2.31 bits per heavy atom. The van der Waals surface area contributed by atoms with Gasteiger partial charge in [0, 0.05) is 58.1 Å². The minimum absolute atomic E-state index is 0.0463. The lowest BCUT2D eigenvalue weighted by Crippen LogP contribution is -2.55. The van der Waals surface area contributed by atoms with Crippen LogP contribution in [0.4, 0.5) is 0 Å². The third-order valence-electron chi connectivity index (χ3n) is 6.99. The maximum absolute atomic E-state index is 13.5.